The molecule has 0 bridgehead atoms. The second-order valence-electron chi connectivity index (χ2n) is 2.94. The summed E-state index contributed by atoms with van der Waals surface area (Å²) in [5, 5.41) is 0. The first-order valence-electron chi connectivity index (χ1n) is 3.96. The van der Waals surface area contributed by atoms with Crippen LogP contribution in [0.15, 0.2) is 24.3 Å². The van der Waals surface area contributed by atoms with Gasteiger partial charge in [0.1, 0.15) is 0 Å². The fourth-order valence-electron chi connectivity index (χ4n) is 0.911. The van der Waals surface area contributed by atoms with Crippen LogP contribution in [0.4, 0.5) is 5.69 Å². The maximum absolute atomic E-state index is 5.62. The summed E-state index contributed by atoms with van der Waals surface area (Å²) < 4.78 is 5.53. The van der Waals surface area contributed by atoms with E-state index >= 15 is 0 Å². The third kappa shape index (κ3) is 3.07. The van der Waals surface area contributed by atoms with E-state index in [1.165, 1.54) is 0 Å². The molecule has 12 heavy (non-hydrogen) atoms. The predicted octanol–water partition coefficient (Wildman–Crippen LogP) is 2.04. The summed E-state index contributed by atoms with van der Waals surface area (Å²) >= 11 is 0. The number of hydrogen-bond acceptors (Lipinski definition) is 2. The highest BCUT2D eigenvalue weighted by molar-refractivity contribution is 6.48. The van der Waals surface area contributed by atoms with Crippen molar-refractivity contribution >= 4 is 14.7 Å². The van der Waals surface area contributed by atoms with Gasteiger partial charge in [0.05, 0.1) is 6.61 Å². The molecular weight excluding hydrogens is 166 g/mol. The van der Waals surface area contributed by atoms with Crippen LogP contribution in [0.3, 0.4) is 0 Å². The standard InChI is InChI=1S/C9H14NOSi/c1-12(2)11-7-8-4-3-5-9(10)6-8/h3-6H,7,10H2,1-2H3. The summed E-state index contributed by atoms with van der Waals surface area (Å²) in [7, 11) is -0.586. The van der Waals surface area contributed by atoms with Crippen LogP contribution in [0.2, 0.25) is 13.1 Å². The number of benzene rings is 1. The minimum Gasteiger partial charge on any atom is -0.413 e. The summed E-state index contributed by atoms with van der Waals surface area (Å²) in [4.78, 5) is 0. The molecule has 0 aliphatic rings. The molecule has 1 rings (SSSR count). The molecule has 0 aromatic heterocycles. The topological polar surface area (TPSA) is 35.2 Å². The second-order valence-corrected chi connectivity index (χ2v) is 5.05. The quantitative estimate of drug-likeness (QED) is 0.570. The molecule has 0 amide bonds. The average molecular weight is 180 g/mol. The van der Waals surface area contributed by atoms with Gasteiger partial charge >= 0.3 is 0 Å². The van der Waals surface area contributed by atoms with E-state index in [1.807, 2.05) is 24.3 Å². The van der Waals surface area contributed by atoms with E-state index in [0.717, 1.165) is 11.3 Å². The van der Waals surface area contributed by atoms with Gasteiger partial charge in [-0.2, -0.15) is 0 Å². The smallest absolute Gasteiger partial charge is 0.205 e. The van der Waals surface area contributed by atoms with Crippen LogP contribution in [0, 0.1) is 0 Å². The molecule has 1 aromatic carbocycles. The van der Waals surface area contributed by atoms with Gasteiger partial charge in [-0.05, 0) is 30.8 Å². The highest BCUT2D eigenvalue weighted by atomic mass is 28.3. The predicted molar refractivity (Wildman–Crippen MR) is 53.1 cm³/mol. The van der Waals surface area contributed by atoms with Crippen LogP contribution in [0.1, 0.15) is 5.56 Å². The first-order chi connectivity index (χ1) is 5.68. The lowest BCUT2D eigenvalue weighted by Gasteiger charge is -2.06. The van der Waals surface area contributed by atoms with Crippen LogP contribution in [-0.4, -0.2) is 9.04 Å². The van der Waals surface area contributed by atoms with Gasteiger partial charge in [-0.25, -0.2) is 0 Å². The summed E-state index contributed by atoms with van der Waals surface area (Å²) in [5.74, 6) is 0. The Hall–Kier alpha value is -0.803. The maximum Gasteiger partial charge on any atom is 0.205 e. The lowest BCUT2D eigenvalue weighted by molar-refractivity contribution is 0.314. The number of rotatable bonds is 3. The molecule has 1 aromatic rings. The molecule has 2 nitrogen and oxygen atoms in total. The largest absolute Gasteiger partial charge is 0.413 e. The van der Waals surface area contributed by atoms with E-state index in [1.54, 1.807) is 0 Å². The van der Waals surface area contributed by atoms with Gasteiger partial charge in [0.2, 0.25) is 9.04 Å². The second kappa shape index (κ2) is 4.28. The molecule has 0 aliphatic heterocycles. The number of anilines is 1. The molecule has 3 heteroatoms. The minimum atomic E-state index is -0.586. The number of hydrogen-bond donors (Lipinski definition) is 1. The molecule has 0 atom stereocenters. The lowest BCUT2D eigenvalue weighted by atomic mass is 10.2. The molecule has 0 spiro atoms. The Kier molecular flexibility index (Phi) is 3.31. The maximum atomic E-state index is 5.62. The summed E-state index contributed by atoms with van der Waals surface area (Å²) in [6.07, 6.45) is 0. The van der Waals surface area contributed by atoms with Crippen molar-refractivity contribution in [3.05, 3.63) is 29.8 Å². The average Bonchev–Trinajstić information content (AvgIpc) is 2.01. The van der Waals surface area contributed by atoms with E-state index in [2.05, 4.69) is 13.1 Å². The monoisotopic (exact) mass is 180 g/mol. The van der Waals surface area contributed by atoms with Gasteiger partial charge < -0.3 is 10.2 Å². The Morgan fingerprint density at radius 1 is 1.42 bits per heavy atom. The van der Waals surface area contributed by atoms with Crippen molar-refractivity contribution in [2.75, 3.05) is 5.73 Å². The van der Waals surface area contributed by atoms with Gasteiger partial charge in [0, 0.05) is 5.69 Å². The molecule has 0 heterocycles. The van der Waals surface area contributed by atoms with Crippen molar-refractivity contribution < 1.29 is 4.43 Å². The molecule has 0 fully saturated rings. The zero-order valence-electron chi connectivity index (χ0n) is 7.50. The van der Waals surface area contributed by atoms with Crippen molar-refractivity contribution in [2.45, 2.75) is 19.7 Å². The van der Waals surface area contributed by atoms with Crippen LogP contribution in [0.25, 0.3) is 0 Å². The minimum absolute atomic E-state index is 0.586. The normalized spacial score (nSPS) is 10.6. The zero-order valence-corrected chi connectivity index (χ0v) is 8.50. The van der Waals surface area contributed by atoms with Crippen molar-refractivity contribution in [1.82, 2.24) is 0 Å². The number of nitrogens with two attached hydrogens (primary N) is 1. The Bertz CT molecular complexity index is 250. The third-order valence-electron chi connectivity index (χ3n) is 1.48. The fraction of sp³-hybridized carbons (Fsp3) is 0.333. The Labute approximate surface area is 75.1 Å². The van der Waals surface area contributed by atoms with E-state index in [9.17, 15) is 0 Å². The van der Waals surface area contributed by atoms with E-state index in [-0.39, 0.29) is 0 Å². The van der Waals surface area contributed by atoms with Gasteiger partial charge in [-0.1, -0.05) is 12.1 Å². The first-order valence-corrected chi connectivity index (χ1v) is 6.36. The van der Waals surface area contributed by atoms with Crippen molar-refractivity contribution in [1.29, 1.82) is 0 Å². The van der Waals surface area contributed by atoms with Gasteiger partial charge in [-0.15, -0.1) is 0 Å². The van der Waals surface area contributed by atoms with Gasteiger partial charge in [-0.3, -0.25) is 0 Å². The summed E-state index contributed by atoms with van der Waals surface area (Å²) in [6.45, 7) is 4.93. The molecule has 0 saturated carbocycles. The van der Waals surface area contributed by atoms with Crippen molar-refractivity contribution in [3.63, 3.8) is 0 Å². The molecule has 65 valence electrons. The zero-order chi connectivity index (χ0) is 8.97. The Balaban J connectivity index is 2.52. The summed E-state index contributed by atoms with van der Waals surface area (Å²) in [6, 6.07) is 7.81. The Morgan fingerprint density at radius 3 is 2.75 bits per heavy atom. The van der Waals surface area contributed by atoms with Crippen LogP contribution in [0.5, 0.6) is 0 Å². The van der Waals surface area contributed by atoms with E-state index in [0.29, 0.717) is 6.61 Å². The lowest BCUT2D eigenvalue weighted by Crippen LogP contribution is -2.07. The molecule has 2 N–H and O–H groups in total. The van der Waals surface area contributed by atoms with Crippen LogP contribution in [-0.2, 0) is 11.0 Å². The van der Waals surface area contributed by atoms with Gasteiger partial charge in [0.25, 0.3) is 0 Å². The highest BCUT2D eigenvalue weighted by Crippen LogP contribution is 2.07. The first kappa shape index (κ1) is 9.29. The highest BCUT2D eigenvalue weighted by Gasteiger charge is 1.97. The van der Waals surface area contributed by atoms with Crippen molar-refractivity contribution in [3.8, 4) is 0 Å². The molecule has 0 saturated heterocycles. The van der Waals surface area contributed by atoms with Crippen molar-refractivity contribution in [2.24, 2.45) is 0 Å². The van der Waals surface area contributed by atoms with Crippen LogP contribution < -0.4 is 5.73 Å². The molecule has 0 aliphatic carbocycles. The Morgan fingerprint density at radius 2 is 2.17 bits per heavy atom. The molecule has 1 radical (unpaired) electrons. The van der Waals surface area contributed by atoms with Gasteiger partial charge in [0.15, 0.2) is 0 Å². The molecule has 0 unspecified atom stereocenters. The molecular formula is C9H14NOSi. The van der Waals surface area contributed by atoms with E-state index in [4.69, 9.17) is 10.2 Å². The third-order valence-corrected chi connectivity index (χ3v) is 2.20. The van der Waals surface area contributed by atoms with E-state index < -0.39 is 9.04 Å². The summed E-state index contributed by atoms with van der Waals surface area (Å²) in [5.41, 5.74) is 7.57. The fourth-order valence-corrected chi connectivity index (χ4v) is 1.37. The van der Waals surface area contributed by atoms with Crippen LogP contribution >= 0.6 is 0 Å². The SMILES string of the molecule is C[Si](C)OCc1cccc(N)c1. The number of nitrogen functional groups attached to an aromatic ring is 1.